The van der Waals surface area contributed by atoms with E-state index in [1.165, 1.54) is 16.7 Å². The molecule has 1 atom stereocenters. The summed E-state index contributed by atoms with van der Waals surface area (Å²) >= 11 is 0. The van der Waals surface area contributed by atoms with Crippen LogP contribution in [0.2, 0.25) is 0 Å². The Morgan fingerprint density at radius 3 is 2.33 bits per heavy atom. The van der Waals surface area contributed by atoms with E-state index in [1.54, 1.807) is 24.3 Å². The summed E-state index contributed by atoms with van der Waals surface area (Å²) in [5.74, 6) is -0.547. The van der Waals surface area contributed by atoms with E-state index < -0.39 is 5.91 Å². The Morgan fingerprint density at radius 1 is 1.08 bits per heavy atom. The number of primary amides is 1. The smallest absolute Gasteiger partial charge is 0.279 e. The van der Waals surface area contributed by atoms with Crippen molar-refractivity contribution in [1.82, 2.24) is 0 Å². The molecule has 0 saturated carbocycles. The Labute approximate surface area is 142 Å². The van der Waals surface area contributed by atoms with Crippen LogP contribution in [0.1, 0.15) is 27.0 Å². The van der Waals surface area contributed by atoms with Gasteiger partial charge in [0, 0.05) is 16.8 Å². The van der Waals surface area contributed by atoms with Crippen LogP contribution in [0.4, 0.5) is 5.69 Å². The topological polar surface area (TPSA) is 76.6 Å². The summed E-state index contributed by atoms with van der Waals surface area (Å²) in [4.78, 5) is 24.3. The Hall–Kier alpha value is -2.66. The molecule has 0 spiro atoms. The van der Waals surface area contributed by atoms with Gasteiger partial charge in [-0.2, -0.15) is 0 Å². The molecule has 0 aliphatic rings. The average molecular weight is 326 g/mol. The van der Waals surface area contributed by atoms with Gasteiger partial charge in [-0.15, -0.1) is 0 Å². The lowest BCUT2D eigenvalue weighted by Crippen LogP contribution is -3.08. The normalized spacial score (nSPS) is 11.8. The van der Waals surface area contributed by atoms with Gasteiger partial charge >= 0.3 is 0 Å². The van der Waals surface area contributed by atoms with Crippen molar-refractivity contribution in [2.24, 2.45) is 5.73 Å². The van der Waals surface area contributed by atoms with Crippen molar-refractivity contribution in [1.29, 1.82) is 0 Å². The monoisotopic (exact) mass is 326 g/mol. The molecule has 5 heteroatoms. The van der Waals surface area contributed by atoms with Gasteiger partial charge in [0.2, 0.25) is 5.91 Å². The summed E-state index contributed by atoms with van der Waals surface area (Å²) in [7, 11) is 2.00. The number of likely N-dealkylation sites (N-methyl/N-ethyl adjacent to an activating group) is 1. The average Bonchev–Trinajstić information content (AvgIpc) is 2.50. The van der Waals surface area contributed by atoms with E-state index in [4.69, 9.17) is 5.73 Å². The minimum absolute atomic E-state index is 0.0657. The van der Waals surface area contributed by atoms with Gasteiger partial charge in [-0.1, -0.05) is 23.8 Å². The molecule has 0 aliphatic heterocycles. The molecular weight excluding hydrogens is 302 g/mol. The van der Waals surface area contributed by atoms with Gasteiger partial charge in [-0.3, -0.25) is 9.59 Å². The van der Waals surface area contributed by atoms with E-state index in [1.807, 2.05) is 7.05 Å². The van der Waals surface area contributed by atoms with Crippen LogP contribution in [0, 0.1) is 13.8 Å². The Bertz CT molecular complexity index is 739. The molecule has 0 aromatic heterocycles. The molecule has 0 aliphatic carbocycles. The van der Waals surface area contributed by atoms with Gasteiger partial charge in [0.25, 0.3) is 5.91 Å². The van der Waals surface area contributed by atoms with Crippen LogP contribution in [0.25, 0.3) is 0 Å². The Morgan fingerprint density at radius 2 is 1.75 bits per heavy atom. The highest BCUT2D eigenvalue weighted by Crippen LogP contribution is 2.10. The van der Waals surface area contributed by atoms with Gasteiger partial charge in [-0.25, -0.2) is 0 Å². The van der Waals surface area contributed by atoms with Crippen LogP contribution in [-0.2, 0) is 11.3 Å². The van der Waals surface area contributed by atoms with Gasteiger partial charge in [0.15, 0.2) is 6.54 Å². The molecule has 2 aromatic carbocycles. The third kappa shape index (κ3) is 4.93. The molecule has 1 unspecified atom stereocenters. The maximum atomic E-state index is 12.1. The molecular formula is C19H24N3O2+. The van der Waals surface area contributed by atoms with Crippen molar-refractivity contribution in [3.8, 4) is 0 Å². The summed E-state index contributed by atoms with van der Waals surface area (Å²) in [5.41, 5.74) is 10.0. The number of benzene rings is 2. The van der Waals surface area contributed by atoms with Crippen molar-refractivity contribution in [3.63, 3.8) is 0 Å². The summed E-state index contributed by atoms with van der Waals surface area (Å²) in [6, 6.07) is 12.9. The number of quaternary nitrogens is 1. The van der Waals surface area contributed by atoms with Crippen LogP contribution in [-0.4, -0.2) is 25.4 Å². The largest absolute Gasteiger partial charge is 0.366 e. The lowest BCUT2D eigenvalue weighted by atomic mass is 10.1. The van der Waals surface area contributed by atoms with Gasteiger partial charge in [0.1, 0.15) is 6.54 Å². The minimum atomic E-state index is -0.481. The van der Waals surface area contributed by atoms with E-state index in [9.17, 15) is 9.59 Å². The standard InChI is InChI=1S/C19H23N3O2/c1-13-4-5-16(14(2)10-13)11-22(3)12-18(23)21-17-8-6-15(7-9-17)19(20)24/h4-10H,11-12H2,1-3H3,(H2,20,24)(H,21,23)/p+1. The van der Waals surface area contributed by atoms with Crippen LogP contribution >= 0.6 is 0 Å². The highest BCUT2D eigenvalue weighted by atomic mass is 16.2. The fourth-order valence-corrected chi connectivity index (χ4v) is 2.63. The first kappa shape index (κ1) is 17.7. The van der Waals surface area contributed by atoms with Crippen LogP contribution in [0.5, 0.6) is 0 Å². The highest BCUT2D eigenvalue weighted by molar-refractivity contribution is 5.95. The minimum Gasteiger partial charge on any atom is -0.366 e. The second-order valence-corrected chi connectivity index (χ2v) is 6.23. The van der Waals surface area contributed by atoms with E-state index in [0.717, 1.165) is 11.4 Å². The van der Waals surface area contributed by atoms with Crippen molar-refractivity contribution in [3.05, 3.63) is 64.7 Å². The van der Waals surface area contributed by atoms with Crippen LogP contribution in [0.15, 0.2) is 42.5 Å². The lowest BCUT2D eigenvalue weighted by molar-refractivity contribution is -0.885. The molecule has 0 saturated heterocycles. The number of carbonyl (C=O) groups excluding carboxylic acids is 2. The summed E-state index contributed by atoms with van der Waals surface area (Å²) in [6.07, 6.45) is 0. The molecule has 5 nitrogen and oxygen atoms in total. The fourth-order valence-electron chi connectivity index (χ4n) is 2.63. The summed E-state index contributed by atoms with van der Waals surface area (Å²) < 4.78 is 0. The molecule has 126 valence electrons. The highest BCUT2D eigenvalue weighted by Gasteiger charge is 2.12. The van der Waals surface area contributed by atoms with Crippen LogP contribution in [0.3, 0.4) is 0 Å². The molecule has 2 amide bonds. The molecule has 0 heterocycles. The second-order valence-electron chi connectivity index (χ2n) is 6.23. The fraction of sp³-hybridized carbons (Fsp3) is 0.263. The third-order valence-electron chi connectivity index (χ3n) is 3.91. The zero-order chi connectivity index (χ0) is 17.7. The molecule has 24 heavy (non-hydrogen) atoms. The number of amides is 2. The predicted molar refractivity (Wildman–Crippen MR) is 95.0 cm³/mol. The number of nitrogens with two attached hydrogens (primary N) is 1. The predicted octanol–water partition coefficient (Wildman–Crippen LogP) is 1.06. The number of carbonyl (C=O) groups is 2. The lowest BCUT2D eigenvalue weighted by Gasteiger charge is -2.15. The third-order valence-corrected chi connectivity index (χ3v) is 3.91. The van der Waals surface area contributed by atoms with Gasteiger partial charge < -0.3 is 16.0 Å². The first-order valence-corrected chi connectivity index (χ1v) is 7.92. The van der Waals surface area contributed by atoms with Gasteiger partial charge in [0.05, 0.1) is 7.05 Å². The molecule has 0 fully saturated rings. The zero-order valence-corrected chi connectivity index (χ0v) is 14.3. The molecule has 2 aromatic rings. The van der Waals surface area contributed by atoms with Crippen LogP contribution < -0.4 is 16.0 Å². The summed E-state index contributed by atoms with van der Waals surface area (Å²) in [6.45, 7) is 5.32. The van der Waals surface area contributed by atoms with Crippen molar-refractivity contribution in [2.75, 3.05) is 18.9 Å². The molecule has 4 N–H and O–H groups in total. The van der Waals surface area contributed by atoms with E-state index in [2.05, 4.69) is 37.4 Å². The van der Waals surface area contributed by atoms with Crippen molar-refractivity contribution >= 4 is 17.5 Å². The van der Waals surface area contributed by atoms with Crippen molar-refractivity contribution in [2.45, 2.75) is 20.4 Å². The van der Waals surface area contributed by atoms with Crippen molar-refractivity contribution < 1.29 is 14.5 Å². The van der Waals surface area contributed by atoms with Gasteiger partial charge in [-0.05, 0) is 43.7 Å². The van der Waals surface area contributed by atoms with E-state index in [0.29, 0.717) is 17.8 Å². The Balaban J connectivity index is 1.90. The Kier molecular flexibility index (Phi) is 5.71. The number of nitrogens with one attached hydrogen (secondary N) is 2. The SMILES string of the molecule is Cc1ccc(C[NH+](C)CC(=O)Nc2ccc(C(N)=O)cc2)c(C)c1. The first-order chi connectivity index (χ1) is 11.3. The zero-order valence-electron chi connectivity index (χ0n) is 14.3. The number of hydrogen-bond donors (Lipinski definition) is 3. The molecule has 0 radical (unpaired) electrons. The number of hydrogen-bond acceptors (Lipinski definition) is 2. The maximum Gasteiger partial charge on any atom is 0.279 e. The number of aryl methyl sites for hydroxylation is 2. The van der Waals surface area contributed by atoms with E-state index in [-0.39, 0.29) is 5.91 Å². The maximum absolute atomic E-state index is 12.1. The summed E-state index contributed by atoms with van der Waals surface area (Å²) in [5, 5.41) is 2.84. The van der Waals surface area contributed by atoms with E-state index >= 15 is 0 Å². The quantitative estimate of drug-likeness (QED) is 0.742. The number of anilines is 1. The first-order valence-electron chi connectivity index (χ1n) is 7.92. The molecule has 2 rings (SSSR count). The number of rotatable bonds is 6. The molecule has 0 bridgehead atoms. The second kappa shape index (κ2) is 7.75.